The number of benzene rings is 2. The minimum atomic E-state index is -0.921. The third kappa shape index (κ3) is 2.79. The van der Waals surface area contributed by atoms with E-state index in [1.165, 1.54) is 6.07 Å². The van der Waals surface area contributed by atoms with Gasteiger partial charge < -0.3 is 20.5 Å². The van der Waals surface area contributed by atoms with Crippen LogP contribution in [0.2, 0.25) is 0 Å². The Hall–Kier alpha value is -3.02. The van der Waals surface area contributed by atoms with Crippen LogP contribution in [0.1, 0.15) is 5.56 Å². The molecule has 0 saturated heterocycles. The Morgan fingerprint density at radius 3 is 2.81 bits per heavy atom. The predicted molar refractivity (Wildman–Crippen MR) is 78.8 cm³/mol. The summed E-state index contributed by atoms with van der Waals surface area (Å²) in [4.78, 5) is 18.2. The topological polar surface area (TPSA) is 98.2 Å². The van der Waals surface area contributed by atoms with E-state index in [1.54, 1.807) is 12.1 Å². The van der Waals surface area contributed by atoms with Crippen molar-refractivity contribution in [1.29, 1.82) is 0 Å². The van der Waals surface area contributed by atoms with Crippen LogP contribution in [-0.4, -0.2) is 26.2 Å². The largest absolute Gasteiger partial charge is 0.506 e. The van der Waals surface area contributed by atoms with Crippen LogP contribution < -0.4 is 5.32 Å². The van der Waals surface area contributed by atoms with Crippen molar-refractivity contribution in [2.24, 2.45) is 0 Å². The van der Waals surface area contributed by atoms with Gasteiger partial charge in [-0.3, -0.25) is 4.79 Å². The third-order valence-corrected chi connectivity index (χ3v) is 3.06. The van der Waals surface area contributed by atoms with E-state index in [9.17, 15) is 9.90 Å². The van der Waals surface area contributed by atoms with Crippen molar-refractivity contribution in [2.75, 3.05) is 5.32 Å². The number of imidazole rings is 1. The highest BCUT2D eigenvalue weighted by Gasteiger charge is 2.08. The monoisotopic (exact) mass is 283 g/mol. The number of hydrogen-bond donors (Lipinski definition) is 4. The standard InChI is InChI=1S/C15H13N3O3/c19-13-6-5-9(8-14(20)21)7-12(13)18-15-16-10-3-1-2-4-11(10)17-15/h1-7,19H,8H2,(H,20,21)(H2,16,17,18). The molecular weight excluding hydrogens is 270 g/mol. The minimum Gasteiger partial charge on any atom is -0.506 e. The number of carboxylic acids is 1. The molecule has 0 aliphatic carbocycles. The highest BCUT2D eigenvalue weighted by molar-refractivity contribution is 5.79. The highest BCUT2D eigenvalue weighted by Crippen LogP contribution is 2.27. The molecule has 1 aromatic heterocycles. The Balaban J connectivity index is 1.91. The van der Waals surface area contributed by atoms with Gasteiger partial charge in [0.05, 0.1) is 23.1 Å². The molecule has 0 radical (unpaired) electrons. The number of fused-ring (bicyclic) bond motifs is 1. The SMILES string of the molecule is O=C(O)Cc1ccc(O)c(Nc2nc3ccccc3[nH]2)c1. The fourth-order valence-electron chi connectivity index (χ4n) is 2.11. The summed E-state index contributed by atoms with van der Waals surface area (Å²) in [5.74, 6) is -0.404. The van der Waals surface area contributed by atoms with Crippen molar-refractivity contribution in [2.45, 2.75) is 6.42 Å². The number of H-pyrrole nitrogens is 1. The van der Waals surface area contributed by atoms with E-state index in [0.29, 0.717) is 17.2 Å². The number of para-hydroxylation sites is 2. The molecule has 0 amide bonds. The van der Waals surface area contributed by atoms with Crippen LogP contribution >= 0.6 is 0 Å². The summed E-state index contributed by atoms with van der Waals surface area (Å²) in [6, 6.07) is 12.2. The summed E-state index contributed by atoms with van der Waals surface area (Å²) >= 11 is 0. The van der Waals surface area contributed by atoms with Crippen molar-refractivity contribution in [3.63, 3.8) is 0 Å². The maximum atomic E-state index is 10.7. The van der Waals surface area contributed by atoms with Gasteiger partial charge in [-0.25, -0.2) is 4.98 Å². The zero-order valence-electron chi connectivity index (χ0n) is 11.0. The zero-order valence-corrected chi connectivity index (χ0v) is 11.0. The maximum Gasteiger partial charge on any atom is 0.307 e. The second kappa shape index (κ2) is 5.16. The smallest absolute Gasteiger partial charge is 0.307 e. The quantitative estimate of drug-likeness (QED) is 0.552. The van der Waals surface area contributed by atoms with Gasteiger partial charge in [-0.15, -0.1) is 0 Å². The van der Waals surface area contributed by atoms with Gasteiger partial charge in [0.1, 0.15) is 5.75 Å². The molecule has 0 aliphatic rings. The van der Waals surface area contributed by atoms with Crippen LogP contribution in [0.15, 0.2) is 42.5 Å². The molecule has 0 unspecified atom stereocenters. The number of aromatic nitrogens is 2. The second-order valence-corrected chi connectivity index (χ2v) is 4.65. The van der Waals surface area contributed by atoms with E-state index in [1.807, 2.05) is 24.3 Å². The molecule has 0 atom stereocenters. The van der Waals surface area contributed by atoms with E-state index in [4.69, 9.17) is 5.11 Å². The first-order valence-electron chi connectivity index (χ1n) is 6.37. The molecule has 21 heavy (non-hydrogen) atoms. The molecular formula is C15H13N3O3. The molecule has 3 rings (SSSR count). The molecule has 0 fully saturated rings. The lowest BCUT2D eigenvalue weighted by Crippen LogP contribution is -2.01. The van der Waals surface area contributed by atoms with Crippen LogP contribution in [0.3, 0.4) is 0 Å². The Morgan fingerprint density at radius 1 is 1.24 bits per heavy atom. The average molecular weight is 283 g/mol. The van der Waals surface area contributed by atoms with E-state index in [-0.39, 0.29) is 12.2 Å². The Kier molecular flexibility index (Phi) is 3.19. The van der Waals surface area contributed by atoms with Gasteiger partial charge in [-0.1, -0.05) is 18.2 Å². The lowest BCUT2D eigenvalue weighted by atomic mass is 10.1. The number of aliphatic carboxylic acids is 1. The van der Waals surface area contributed by atoms with Gasteiger partial charge in [-0.05, 0) is 29.8 Å². The summed E-state index contributed by atoms with van der Waals surface area (Å²) in [6.45, 7) is 0. The first-order chi connectivity index (χ1) is 10.1. The number of carbonyl (C=O) groups is 1. The van der Waals surface area contributed by atoms with E-state index in [0.717, 1.165) is 11.0 Å². The van der Waals surface area contributed by atoms with Gasteiger partial charge in [-0.2, -0.15) is 0 Å². The summed E-state index contributed by atoms with van der Waals surface area (Å²) in [5, 5.41) is 21.6. The Bertz CT molecular complexity index is 778. The summed E-state index contributed by atoms with van der Waals surface area (Å²) in [6.07, 6.45) is -0.102. The average Bonchev–Trinajstić information content (AvgIpc) is 2.84. The van der Waals surface area contributed by atoms with Gasteiger partial charge in [0.2, 0.25) is 5.95 Å². The van der Waals surface area contributed by atoms with Crippen molar-refractivity contribution in [3.8, 4) is 5.75 Å². The molecule has 0 aliphatic heterocycles. The van der Waals surface area contributed by atoms with Crippen molar-refractivity contribution in [3.05, 3.63) is 48.0 Å². The summed E-state index contributed by atoms with van der Waals surface area (Å²) in [7, 11) is 0. The fraction of sp³-hybridized carbons (Fsp3) is 0.0667. The lowest BCUT2D eigenvalue weighted by Gasteiger charge is -2.07. The molecule has 2 aromatic carbocycles. The number of phenolic OH excluding ortho intramolecular Hbond substituents is 1. The van der Waals surface area contributed by atoms with Crippen LogP contribution in [-0.2, 0) is 11.2 Å². The lowest BCUT2D eigenvalue weighted by molar-refractivity contribution is -0.136. The first kappa shape index (κ1) is 13.0. The number of aromatic hydroxyl groups is 1. The molecule has 0 spiro atoms. The fourth-order valence-corrected chi connectivity index (χ4v) is 2.11. The molecule has 6 heteroatoms. The van der Waals surface area contributed by atoms with Gasteiger partial charge >= 0.3 is 5.97 Å². The summed E-state index contributed by atoms with van der Waals surface area (Å²) < 4.78 is 0. The first-order valence-corrected chi connectivity index (χ1v) is 6.37. The Morgan fingerprint density at radius 2 is 2.05 bits per heavy atom. The molecule has 0 saturated carbocycles. The molecule has 3 aromatic rings. The van der Waals surface area contributed by atoms with E-state index < -0.39 is 5.97 Å². The third-order valence-electron chi connectivity index (χ3n) is 3.06. The number of aromatic amines is 1. The predicted octanol–water partition coefficient (Wildman–Crippen LogP) is 2.64. The second-order valence-electron chi connectivity index (χ2n) is 4.65. The number of anilines is 2. The van der Waals surface area contributed by atoms with Crippen molar-refractivity contribution >= 4 is 28.6 Å². The number of rotatable bonds is 4. The normalized spacial score (nSPS) is 10.7. The number of nitrogens with zero attached hydrogens (tertiary/aromatic N) is 1. The zero-order chi connectivity index (χ0) is 14.8. The van der Waals surface area contributed by atoms with Crippen LogP contribution in [0.4, 0.5) is 11.6 Å². The van der Waals surface area contributed by atoms with E-state index in [2.05, 4.69) is 15.3 Å². The van der Waals surface area contributed by atoms with Crippen molar-refractivity contribution < 1.29 is 15.0 Å². The number of hydrogen-bond acceptors (Lipinski definition) is 4. The van der Waals surface area contributed by atoms with Gasteiger partial charge in [0.25, 0.3) is 0 Å². The molecule has 1 heterocycles. The number of carboxylic acid groups (broad SMARTS) is 1. The van der Waals surface area contributed by atoms with Gasteiger partial charge in [0.15, 0.2) is 0 Å². The van der Waals surface area contributed by atoms with E-state index >= 15 is 0 Å². The molecule has 4 N–H and O–H groups in total. The minimum absolute atomic E-state index is 0.0320. The molecule has 106 valence electrons. The van der Waals surface area contributed by atoms with Crippen LogP contribution in [0, 0.1) is 0 Å². The number of phenols is 1. The Labute approximate surface area is 120 Å². The highest BCUT2D eigenvalue weighted by atomic mass is 16.4. The summed E-state index contributed by atoms with van der Waals surface area (Å²) in [5.41, 5.74) is 2.69. The number of nitrogens with one attached hydrogen (secondary N) is 2. The van der Waals surface area contributed by atoms with Gasteiger partial charge in [0, 0.05) is 0 Å². The molecule has 0 bridgehead atoms. The van der Waals surface area contributed by atoms with Crippen LogP contribution in [0.5, 0.6) is 5.75 Å². The molecule has 6 nitrogen and oxygen atoms in total. The maximum absolute atomic E-state index is 10.7. The van der Waals surface area contributed by atoms with Crippen molar-refractivity contribution in [1.82, 2.24) is 9.97 Å². The van der Waals surface area contributed by atoms with Crippen LogP contribution in [0.25, 0.3) is 11.0 Å².